The van der Waals surface area contributed by atoms with Crippen LogP contribution in [-0.4, -0.2) is 37.2 Å². The summed E-state index contributed by atoms with van der Waals surface area (Å²) >= 11 is 0. The molecule has 2 N–H and O–H groups in total. The third kappa shape index (κ3) is 3.14. The molecule has 3 nitrogen and oxygen atoms in total. The van der Waals surface area contributed by atoms with Crippen molar-refractivity contribution in [2.45, 2.75) is 32.4 Å². The highest BCUT2D eigenvalue weighted by Crippen LogP contribution is 2.27. The fourth-order valence-electron chi connectivity index (χ4n) is 2.79. The van der Waals surface area contributed by atoms with E-state index in [1.807, 2.05) is 13.0 Å². The van der Waals surface area contributed by atoms with Crippen LogP contribution in [-0.2, 0) is 4.74 Å². The molecule has 0 aliphatic carbocycles. The van der Waals surface area contributed by atoms with Gasteiger partial charge >= 0.3 is 0 Å². The Morgan fingerprint density at radius 1 is 1.53 bits per heavy atom. The normalized spacial score (nSPS) is 22.4. The lowest BCUT2D eigenvalue weighted by Crippen LogP contribution is -2.49. The molecule has 1 aliphatic rings. The fraction of sp³-hybridized carbons (Fsp3) is 0.600. The van der Waals surface area contributed by atoms with Crippen LogP contribution in [0.1, 0.15) is 30.5 Å². The highest BCUT2D eigenvalue weighted by atomic mass is 19.1. The minimum atomic E-state index is -0.164. The molecule has 1 saturated heterocycles. The van der Waals surface area contributed by atoms with Gasteiger partial charge in [-0.25, -0.2) is 4.39 Å². The zero-order chi connectivity index (χ0) is 13.8. The Bertz CT molecular complexity index is 425. The van der Waals surface area contributed by atoms with Gasteiger partial charge in [-0.1, -0.05) is 24.6 Å². The molecule has 0 radical (unpaired) electrons. The van der Waals surface area contributed by atoms with E-state index < -0.39 is 0 Å². The van der Waals surface area contributed by atoms with Crippen LogP contribution in [0.25, 0.3) is 0 Å². The van der Waals surface area contributed by atoms with Crippen molar-refractivity contribution in [2.75, 3.05) is 26.3 Å². The van der Waals surface area contributed by atoms with Gasteiger partial charge in [0.25, 0.3) is 0 Å². The second kappa shape index (κ2) is 6.46. The second-order valence-corrected chi connectivity index (χ2v) is 5.15. The Labute approximate surface area is 114 Å². The largest absolute Gasteiger partial charge is 0.378 e. The number of morpholine rings is 1. The average molecular weight is 266 g/mol. The molecule has 0 amide bonds. The fourth-order valence-corrected chi connectivity index (χ4v) is 2.79. The molecule has 106 valence electrons. The number of aryl methyl sites for hydroxylation is 1. The van der Waals surface area contributed by atoms with Gasteiger partial charge in [-0.3, -0.25) is 4.90 Å². The predicted molar refractivity (Wildman–Crippen MR) is 74.5 cm³/mol. The Morgan fingerprint density at radius 3 is 3.00 bits per heavy atom. The number of nitrogens with two attached hydrogens (primary N) is 1. The lowest BCUT2D eigenvalue weighted by molar-refractivity contribution is -0.0297. The first-order chi connectivity index (χ1) is 9.17. The molecule has 1 aromatic rings. The van der Waals surface area contributed by atoms with Crippen molar-refractivity contribution < 1.29 is 9.13 Å². The van der Waals surface area contributed by atoms with E-state index in [1.54, 1.807) is 6.07 Å². The van der Waals surface area contributed by atoms with E-state index in [2.05, 4.69) is 11.8 Å². The molecular formula is C15H23FN2O. The number of hydrogen-bond acceptors (Lipinski definition) is 3. The van der Waals surface area contributed by atoms with Crippen molar-refractivity contribution in [1.82, 2.24) is 4.90 Å². The van der Waals surface area contributed by atoms with Crippen LogP contribution in [0.2, 0.25) is 0 Å². The summed E-state index contributed by atoms with van der Waals surface area (Å²) in [5.41, 5.74) is 7.70. The summed E-state index contributed by atoms with van der Waals surface area (Å²) in [5.74, 6) is -0.164. The van der Waals surface area contributed by atoms with Gasteiger partial charge in [-0.15, -0.1) is 0 Å². The third-order valence-electron chi connectivity index (χ3n) is 3.88. The average Bonchev–Trinajstić information content (AvgIpc) is 2.44. The third-order valence-corrected chi connectivity index (χ3v) is 3.88. The molecule has 1 heterocycles. The molecule has 2 atom stereocenters. The topological polar surface area (TPSA) is 38.5 Å². The molecule has 0 spiro atoms. The zero-order valence-electron chi connectivity index (χ0n) is 11.7. The quantitative estimate of drug-likeness (QED) is 0.908. The van der Waals surface area contributed by atoms with Gasteiger partial charge in [0.2, 0.25) is 0 Å². The van der Waals surface area contributed by atoms with Crippen molar-refractivity contribution in [3.8, 4) is 0 Å². The number of halogens is 1. The number of hydrogen-bond donors (Lipinski definition) is 1. The van der Waals surface area contributed by atoms with E-state index in [0.717, 1.165) is 18.5 Å². The monoisotopic (exact) mass is 266 g/mol. The Hall–Kier alpha value is -0.970. The van der Waals surface area contributed by atoms with Crippen LogP contribution < -0.4 is 5.73 Å². The van der Waals surface area contributed by atoms with Crippen LogP contribution in [0.4, 0.5) is 4.39 Å². The summed E-state index contributed by atoms with van der Waals surface area (Å²) in [4.78, 5) is 2.29. The maximum atomic E-state index is 14.1. The van der Waals surface area contributed by atoms with Gasteiger partial charge < -0.3 is 10.5 Å². The summed E-state index contributed by atoms with van der Waals surface area (Å²) in [5, 5.41) is 0. The molecule has 1 fully saturated rings. The molecule has 1 aliphatic heterocycles. The van der Waals surface area contributed by atoms with E-state index in [9.17, 15) is 4.39 Å². The molecule has 2 rings (SSSR count). The number of rotatable bonds is 4. The summed E-state index contributed by atoms with van der Waals surface area (Å²) in [6, 6.07) is 5.50. The van der Waals surface area contributed by atoms with Gasteiger partial charge in [0.05, 0.1) is 19.3 Å². The van der Waals surface area contributed by atoms with Crippen molar-refractivity contribution in [3.63, 3.8) is 0 Å². The van der Waals surface area contributed by atoms with E-state index in [0.29, 0.717) is 31.4 Å². The molecule has 0 saturated carbocycles. The van der Waals surface area contributed by atoms with Gasteiger partial charge in [-0.05, 0) is 19.4 Å². The number of nitrogens with zero attached hydrogens (tertiary/aromatic N) is 1. The van der Waals surface area contributed by atoms with Gasteiger partial charge in [0, 0.05) is 24.7 Å². The first-order valence-electron chi connectivity index (χ1n) is 6.97. The van der Waals surface area contributed by atoms with Crippen LogP contribution in [0.5, 0.6) is 0 Å². The molecule has 1 aromatic carbocycles. The summed E-state index contributed by atoms with van der Waals surface area (Å²) in [6.07, 6.45) is 0.990. The minimum Gasteiger partial charge on any atom is -0.378 e. The summed E-state index contributed by atoms with van der Waals surface area (Å²) in [7, 11) is 0. The Morgan fingerprint density at radius 2 is 2.32 bits per heavy atom. The smallest absolute Gasteiger partial charge is 0.128 e. The van der Waals surface area contributed by atoms with Crippen molar-refractivity contribution in [2.24, 2.45) is 5.73 Å². The van der Waals surface area contributed by atoms with E-state index in [4.69, 9.17) is 10.5 Å². The van der Waals surface area contributed by atoms with Gasteiger partial charge in [0.15, 0.2) is 0 Å². The Kier molecular flexibility index (Phi) is 4.91. The minimum absolute atomic E-state index is 0.0613. The number of benzene rings is 1. The molecule has 2 unspecified atom stereocenters. The van der Waals surface area contributed by atoms with Crippen molar-refractivity contribution in [3.05, 3.63) is 35.1 Å². The van der Waals surface area contributed by atoms with Crippen LogP contribution in [0.15, 0.2) is 18.2 Å². The molecule has 0 bridgehead atoms. The summed E-state index contributed by atoms with van der Waals surface area (Å²) < 4.78 is 19.6. The number of ether oxygens (including phenoxy) is 1. The standard InChI is InChI=1S/C15H23FN2O/c1-3-12-10-19-7-6-18(12)15(9-17)13-8-11(2)4-5-14(13)16/h4-5,8,12,15H,3,6-7,9-10,17H2,1-2H3. The first-order valence-corrected chi connectivity index (χ1v) is 6.97. The van der Waals surface area contributed by atoms with E-state index in [1.165, 1.54) is 6.07 Å². The van der Waals surface area contributed by atoms with Gasteiger partial charge in [-0.2, -0.15) is 0 Å². The molecular weight excluding hydrogens is 243 g/mol. The lowest BCUT2D eigenvalue weighted by Gasteiger charge is -2.40. The van der Waals surface area contributed by atoms with Crippen LogP contribution >= 0.6 is 0 Å². The predicted octanol–water partition coefficient (Wildman–Crippen LogP) is 2.24. The van der Waals surface area contributed by atoms with Crippen molar-refractivity contribution >= 4 is 0 Å². The molecule has 0 aromatic heterocycles. The van der Waals surface area contributed by atoms with Crippen LogP contribution in [0.3, 0.4) is 0 Å². The first kappa shape index (κ1) is 14.4. The maximum absolute atomic E-state index is 14.1. The lowest BCUT2D eigenvalue weighted by atomic mass is 9.99. The summed E-state index contributed by atoms with van der Waals surface area (Å²) in [6.45, 7) is 6.76. The zero-order valence-corrected chi connectivity index (χ0v) is 11.7. The van der Waals surface area contributed by atoms with Crippen LogP contribution in [0, 0.1) is 12.7 Å². The second-order valence-electron chi connectivity index (χ2n) is 5.15. The molecule has 4 heteroatoms. The van der Waals surface area contributed by atoms with E-state index in [-0.39, 0.29) is 11.9 Å². The highest BCUT2D eigenvalue weighted by molar-refractivity contribution is 5.27. The van der Waals surface area contributed by atoms with Gasteiger partial charge in [0.1, 0.15) is 5.82 Å². The SMILES string of the molecule is CCC1COCCN1C(CN)c1cc(C)ccc1F. The van der Waals surface area contributed by atoms with E-state index >= 15 is 0 Å². The molecule has 19 heavy (non-hydrogen) atoms. The highest BCUT2D eigenvalue weighted by Gasteiger charge is 2.30. The Balaban J connectivity index is 2.29. The maximum Gasteiger partial charge on any atom is 0.128 e. The van der Waals surface area contributed by atoms with Crippen molar-refractivity contribution in [1.29, 1.82) is 0 Å².